The second-order valence-corrected chi connectivity index (χ2v) is 3.33. The van der Waals surface area contributed by atoms with Gasteiger partial charge in [0.2, 0.25) is 0 Å². The number of para-hydroxylation sites is 1. The molecule has 80 valence electrons. The molecule has 0 spiro atoms. The number of hydrogen-bond acceptors (Lipinski definition) is 3. The minimum atomic E-state index is -1.07. The van der Waals surface area contributed by atoms with E-state index in [2.05, 4.69) is 0 Å². The van der Waals surface area contributed by atoms with Crippen molar-refractivity contribution in [1.82, 2.24) is 0 Å². The van der Waals surface area contributed by atoms with Crippen molar-refractivity contribution in [3.05, 3.63) is 39.4 Å². The maximum atomic E-state index is 10.8. The molecule has 0 fully saturated rings. The third-order valence-electron chi connectivity index (χ3n) is 2.29. The van der Waals surface area contributed by atoms with Gasteiger partial charge in [-0.05, 0) is 13.8 Å². The second kappa shape index (κ2) is 4.08. The summed E-state index contributed by atoms with van der Waals surface area (Å²) in [5.74, 6) is -1.94. The Morgan fingerprint density at radius 3 is 2.60 bits per heavy atom. The van der Waals surface area contributed by atoms with Gasteiger partial charge in [0.05, 0.1) is 10.8 Å². The van der Waals surface area contributed by atoms with Crippen LogP contribution in [0.5, 0.6) is 0 Å². The van der Waals surface area contributed by atoms with Crippen molar-refractivity contribution in [2.45, 2.75) is 19.8 Å². The van der Waals surface area contributed by atoms with Gasteiger partial charge in [0.1, 0.15) is 0 Å². The van der Waals surface area contributed by atoms with Crippen LogP contribution in [0.4, 0.5) is 5.69 Å². The summed E-state index contributed by atoms with van der Waals surface area (Å²) in [7, 11) is 0. The normalized spacial score (nSPS) is 12.1. The fourth-order valence-corrected chi connectivity index (χ4v) is 1.41. The Balaban J connectivity index is 3.35. The van der Waals surface area contributed by atoms with E-state index in [1.165, 1.54) is 13.0 Å². The summed E-state index contributed by atoms with van der Waals surface area (Å²) in [6.07, 6.45) is 0. The number of aliphatic carboxylic acids is 1. The van der Waals surface area contributed by atoms with Crippen LogP contribution < -0.4 is 0 Å². The number of aryl methyl sites for hydroxylation is 1. The third kappa shape index (κ3) is 2.12. The molecule has 1 rings (SSSR count). The first-order valence-corrected chi connectivity index (χ1v) is 4.42. The predicted octanol–water partition coefficient (Wildman–Crippen LogP) is 2.09. The lowest BCUT2D eigenvalue weighted by Gasteiger charge is -2.08. The molecule has 1 unspecified atom stereocenters. The lowest BCUT2D eigenvalue weighted by molar-refractivity contribution is -0.386. The number of rotatable bonds is 3. The smallest absolute Gasteiger partial charge is 0.310 e. The first kappa shape index (κ1) is 11.2. The second-order valence-electron chi connectivity index (χ2n) is 3.33. The van der Waals surface area contributed by atoms with Gasteiger partial charge in [0.25, 0.3) is 5.69 Å². The zero-order chi connectivity index (χ0) is 11.6. The number of benzene rings is 1. The number of nitro groups is 1. The summed E-state index contributed by atoms with van der Waals surface area (Å²) < 4.78 is 0. The SMILES string of the molecule is Cc1cccc(C(C)C(=O)O)c1[N+](=O)[O-]. The van der Waals surface area contributed by atoms with Gasteiger partial charge in [-0.3, -0.25) is 14.9 Å². The van der Waals surface area contributed by atoms with E-state index >= 15 is 0 Å². The van der Waals surface area contributed by atoms with Crippen molar-refractivity contribution in [3.8, 4) is 0 Å². The van der Waals surface area contributed by atoms with Gasteiger partial charge >= 0.3 is 5.97 Å². The van der Waals surface area contributed by atoms with E-state index in [-0.39, 0.29) is 11.3 Å². The van der Waals surface area contributed by atoms with E-state index in [0.717, 1.165) is 0 Å². The largest absolute Gasteiger partial charge is 0.481 e. The van der Waals surface area contributed by atoms with E-state index in [9.17, 15) is 14.9 Å². The molecule has 1 aromatic rings. The molecule has 0 saturated carbocycles. The lowest BCUT2D eigenvalue weighted by atomic mass is 9.97. The van der Waals surface area contributed by atoms with Gasteiger partial charge in [-0.15, -0.1) is 0 Å². The highest BCUT2D eigenvalue weighted by molar-refractivity contribution is 5.77. The van der Waals surface area contributed by atoms with Crippen molar-refractivity contribution >= 4 is 11.7 Å². The molecule has 0 saturated heterocycles. The first-order chi connectivity index (χ1) is 6.95. The van der Waals surface area contributed by atoms with E-state index in [1.807, 2.05) is 0 Å². The summed E-state index contributed by atoms with van der Waals surface area (Å²) in [6, 6.07) is 4.69. The molecule has 1 atom stereocenters. The molecule has 1 N–H and O–H groups in total. The molecule has 5 heteroatoms. The Hall–Kier alpha value is -1.91. The standard InChI is InChI=1S/C10H11NO4/c1-6-4-3-5-8(7(2)10(12)13)9(6)11(14)15/h3-5,7H,1-2H3,(H,12,13). The molecule has 0 aromatic heterocycles. The van der Waals surface area contributed by atoms with Crippen LogP contribution in [0.25, 0.3) is 0 Å². The number of hydrogen-bond donors (Lipinski definition) is 1. The summed E-state index contributed by atoms with van der Waals surface area (Å²) in [5.41, 5.74) is 0.616. The zero-order valence-electron chi connectivity index (χ0n) is 8.43. The Morgan fingerprint density at radius 2 is 2.13 bits per heavy atom. The van der Waals surface area contributed by atoms with Crippen LogP contribution in [0.1, 0.15) is 24.0 Å². The molecule has 0 aliphatic heterocycles. The molecule has 5 nitrogen and oxygen atoms in total. The monoisotopic (exact) mass is 209 g/mol. The lowest BCUT2D eigenvalue weighted by Crippen LogP contribution is -2.10. The van der Waals surface area contributed by atoms with Crippen LogP contribution >= 0.6 is 0 Å². The number of nitrogens with zero attached hydrogens (tertiary/aromatic N) is 1. The molecular weight excluding hydrogens is 198 g/mol. The van der Waals surface area contributed by atoms with Crippen molar-refractivity contribution < 1.29 is 14.8 Å². The third-order valence-corrected chi connectivity index (χ3v) is 2.29. The van der Waals surface area contributed by atoms with E-state index in [1.54, 1.807) is 19.1 Å². The van der Waals surface area contributed by atoms with Crippen LogP contribution in [0.3, 0.4) is 0 Å². The molecule has 1 aromatic carbocycles. The fourth-order valence-electron chi connectivity index (χ4n) is 1.41. The topological polar surface area (TPSA) is 80.4 Å². The van der Waals surface area contributed by atoms with Crippen molar-refractivity contribution in [1.29, 1.82) is 0 Å². The van der Waals surface area contributed by atoms with Gasteiger partial charge in [-0.25, -0.2) is 0 Å². The van der Waals surface area contributed by atoms with E-state index in [0.29, 0.717) is 5.56 Å². The maximum absolute atomic E-state index is 10.8. The highest BCUT2D eigenvalue weighted by Gasteiger charge is 2.25. The molecule has 0 aliphatic carbocycles. The van der Waals surface area contributed by atoms with Gasteiger partial charge < -0.3 is 5.11 Å². The minimum Gasteiger partial charge on any atom is -0.481 e. The Bertz CT molecular complexity index is 414. The average Bonchev–Trinajstić information content (AvgIpc) is 2.15. The van der Waals surface area contributed by atoms with E-state index < -0.39 is 16.8 Å². The molecule has 0 radical (unpaired) electrons. The first-order valence-electron chi connectivity index (χ1n) is 4.42. The van der Waals surface area contributed by atoms with Crippen molar-refractivity contribution in [3.63, 3.8) is 0 Å². The Labute approximate surface area is 86.5 Å². The summed E-state index contributed by atoms with van der Waals surface area (Å²) in [5, 5.41) is 19.6. The molecule has 15 heavy (non-hydrogen) atoms. The zero-order valence-corrected chi connectivity index (χ0v) is 8.43. The van der Waals surface area contributed by atoms with Crippen LogP contribution in [0, 0.1) is 17.0 Å². The average molecular weight is 209 g/mol. The maximum Gasteiger partial charge on any atom is 0.310 e. The Morgan fingerprint density at radius 1 is 1.53 bits per heavy atom. The van der Waals surface area contributed by atoms with Crippen LogP contribution in [0.2, 0.25) is 0 Å². The van der Waals surface area contributed by atoms with Crippen molar-refractivity contribution in [2.24, 2.45) is 0 Å². The van der Waals surface area contributed by atoms with Crippen LogP contribution in [-0.2, 0) is 4.79 Å². The summed E-state index contributed by atoms with van der Waals surface area (Å²) in [6.45, 7) is 3.03. The number of carbonyl (C=O) groups is 1. The number of carboxylic acids is 1. The van der Waals surface area contributed by atoms with Gasteiger partial charge in [0, 0.05) is 11.1 Å². The highest BCUT2D eigenvalue weighted by atomic mass is 16.6. The molecule has 0 aliphatic rings. The fraction of sp³-hybridized carbons (Fsp3) is 0.300. The van der Waals surface area contributed by atoms with Gasteiger partial charge in [-0.2, -0.15) is 0 Å². The van der Waals surface area contributed by atoms with E-state index in [4.69, 9.17) is 5.11 Å². The molecular formula is C10H11NO4. The Kier molecular flexibility index (Phi) is 3.04. The van der Waals surface area contributed by atoms with Crippen molar-refractivity contribution in [2.75, 3.05) is 0 Å². The van der Waals surface area contributed by atoms with Crippen LogP contribution in [-0.4, -0.2) is 16.0 Å². The predicted molar refractivity (Wildman–Crippen MR) is 53.9 cm³/mol. The minimum absolute atomic E-state index is 0.104. The number of nitro benzene ring substituents is 1. The quantitative estimate of drug-likeness (QED) is 0.610. The highest BCUT2D eigenvalue weighted by Crippen LogP contribution is 2.29. The summed E-state index contributed by atoms with van der Waals surface area (Å²) in [4.78, 5) is 21.0. The van der Waals surface area contributed by atoms with Gasteiger partial charge in [0.15, 0.2) is 0 Å². The number of carboxylic acid groups (broad SMARTS) is 1. The molecule has 0 heterocycles. The molecule has 0 bridgehead atoms. The van der Waals surface area contributed by atoms with Gasteiger partial charge in [-0.1, -0.05) is 18.2 Å². The molecule has 0 amide bonds. The van der Waals surface area contributed by atoms with Crippen LogP contribution in [0.15, 0.2) is 18.2 Å². The summed E-state index contributed by atoms with van der Waals surface area (Å²) >= 11 is 0.